The molecule has 3 rings (SSSR count). The Labute approximate surface area is 168 Å². The maximum absolute atomic E-state index is 6.13. The Balaban J connectivity index is 2.05. The van der Waals surface area contributed by atoms with E-state index in [1.54, 1.807) is 20.3 Å². The normalized spacial score (nSPS) is 10.6. The first-order chi connectivity index (χ1) is 13.6. The van der Waals surface area contributed by atoms with Crippen molar-refractivity contribution in [2.75, 3.05) is 32.8 Å². The molecule has 1 aromatic heterocycles. The molecule has 1 heterocycles. The highest BCUT2D eigenvalue weighted by Crippen LogP contribution is 2.37. The van der Waals surface area contributed by atoms with E-state index in [-0.39, 0.29) is 5.28 Å². The van der Waals surface area contributed by atoms with Gasteiger partial charge in [0.1, 0.15) is 5.82 Å². The van der Waals surface area contributed by atoms with Gasteiger partial charge in [-0.2, -0.15) is 4.98 Å². The zero-order valence-electron chi connectivity index (χ0n) is 16.2. The molecule has 3 aromatic rings. The van der Waals surface area contributed by atoms with Gasteiger partial charge >= 0.3 is 0 Å². The van der Waals surface area contributed by atoms with E-state index in [2.05, 4.69) is 15.3 Å². The molecule has 0 amide bonds. The van der Waals surface area contributed by atoms with Crippen LogP contribution in [-0.4, -0.2) is 37.4 Å². The molecule has 2 aromatic carbocycles. The molecule has 0 fully saturated rings. The second-order valence-electron chi connectivity index (χ2n) is 5.72. The first-order valence-corrected chi connectivity index (χ1v) is 9.23. The molecule has 0 spiro atoms. The van der Waals surface area contributed by atoms with Gasteiger partial charge in [0.05, 0.1) is 33.0 Å². The highest BCUT2D eigenvalue weighted by molar-refractivity contribution is 6.28. The highest BCUT2D eigenvalue weighted by atomic mass is 35.5. The van der Waals surface area contributed by atoms with Crippen LogP contribution in [0.2, 0.25) is 5.28 Å². The number of aromatic nitrogens is 2. The van der Waals surface area contributed by atoms with Crippen molar-refractivity contribution in [1.82, 2.24) is 9.97 Å². The van der Waals surface area contributed by atoms with Crippen molar-refractivity contribution in [2.45, 2.75) is 13.8 Å². The quantitative estimate of drug-likeness (QED) is 0.539. The SMILES string of the molecule is CCOc1ccc(Nc2nc(Cl)nc3cc(OC)c(OC)cc23)cc1OCC. The van der Waals surface area contributed by atoms with Crippen LogP contribution in [0.15, 0.2) is 30.3 Å². The van der Waals surface area contributed by atoms with Gasteiger partial charge in [0.25, 0.3) is 0 Å². The van der Waals surface area contributed by atoms with Crippen LogP contribution in [0, 0.1) is 0 Å². The summed E-state index contributed by atoms with van der Waals surface area (Å²) in [5.41, 5.74) is 1.41. The van der Waals surface area contributed by atoms with E-state index in [4.69, 9.17) is 30.5 Å². The molecule has 0 aliphatic carbocycles. The Bertz CT molecular complexity index is 981. The van der Waals surface area contributed by atoms with Crippen LogP contribution in [-0.2, 0) is 0 Å². The van der Waals surface area contributed by atoms with Gasteiger partial charge in [-0.1, -0.05) is 0 Å². The van der Waals surface area contributed by atoms with Crippen molar-refractivity contribution in [1.29, 1.82) is 0 Å². The number of methoxy groups -OCH3 is 2. The summed E-state index contributed by atoms with van der Waals surface area (Å²) in [6.45, 7) is 4.94. The van der Waals surface area contributed by atoms with E-state index in [1.165, 1.54) is 0 Å². The van der Waals surface area contributed by atoms with Crippen LogP contribution in [0.5, 0.6) is 23.0 Å². The molecule has 8 heteroatoms. The highest BCUT2D eigenvalue weighted by Gasteiger charge is 2.14. The molecular weight excluding hydrogens is 382 g/mol. The summed E-state index contributed by atoms with van der Waals surface area (Å²) in [5, 5.41) is 4.14. The number of hydrogen-bond acceptors (Lipinski definition) is 7. The second kappa shape index (κ2) is 8.84. The lowest BCUT2D eigenvalue weighted by atomic mass is 10.2. The predicted octanol–water partition coefficient (Wildman–Crippen LogP) is 4.84. The Hall–Kier alpha value is -2.93. The Morgan fingerprint density at radius 2 is 1.54 bits per heavy atom. The van der Waals surface area contributed by atoms with E-state index >= 15 is 0 Å². The fraction of sp³-hybridized carbons (Fsp3) is 0.300. The standard InChI is InChI=1S/C20H22ClN3O4/c1-5-27-15-8-7-12(9-18(15)28-6-2)22-19-13-10-16(25-3)17(26-4)11-14(13)23-20(21)24-19/h7-11H,5-6H2,1-4H3,(H,22,23,24). The zero-order chi connectivity index (χ0) is 20.1. The maximum Gasteiger partial charge on any atom is 0.224 e. The van der Waals surface area contributed by atoms with Crippen LogP contribution < -0.4 is 24.3 Å². The summed E-state index contributed by atoms with van der Waals surface area (Å²) in [7, 11) is 3.15. The average molecular weight is 404 g/mol. The van der Waals surface area contributed by atoms with Gasteiger partial charge in [0, 0.05) is 23.2 Å². The predicted molar refractivity (Wildman–Crippen MR) is 110 cm³/mol. The third kappa shape index (κ3) is 4.14. The number of rotatable bonds is 8. The molecule has 0 aliphatic rings. The number of nitrogens with one attached hydrogen (secondary N) is 1. The van der Waals surface area contributed by atoms with Gasteiger partial charge in [-0.25, -0.2) is 4.98 Å². The van der Waals surface area contributed by atoms with Crippen molar-refractivity contribution in [3.63, 3.8) is 0 Å². The molecule has 0 saturated heterocycles. The summed E-state index contributed by atoms with van der Waals surface area (Å²) in [6.07, 6.45) is 0. The van der Waals surface area contributed by atoms with Crippen LogP contribution in [0.1, 0.15) is 13.8 Å². The van der Waals surface area contributed by atoms with Crippen molar-refractivity contribution in [3.05, 3.63) is 35.6 Å². The number of anilines is 2. The fourth-order valence-electron chi connectivity index (χ4n) is 2.79. The molecule has 0 unspecified atom stereocenters. The third-order valence-electron chi connectivity index (χ3n) is 3.98. The first kappa shape index (κ1) is 19.8. The molecule has 148 valence electrons. The molecule has 0 saturated carbocycles. The number of nitrogens with zero attached hydrogens (tertiary/aromatic N) is 2. The molecule has 7 nitrogen and oxygen atoms in total. The molecule has 0 atom stereocenters. The summed E-state index contributed by atoms with van der Waals surface area (Å²) in [4.78, 5) is 8.62. The van der Waals surface area contributed by atoms with Crippen LogP contribution in [0.25, 0.3) is 10.9 Å². The summed E-state index contributed by atoms with van der Waals surface area (Å²) >= 11 is 6.13. The van der Waals surface area contributed by atoms with Gasteiger partial charge < -0.3 is 24.3 Å². The lowest BCUT2D eigenvalue weighted by Gasteiger charge is -2.15. The van der Waals surface area contributed by atoms with E-state index in [0.29, 0.717) is 47.5 Å². The van der Waals surface area contributed by atoms with E-state index in [1.807, 2.05) is 38.1 Å². The molecule has 0 bridgehead atoms. The smallest absolute Gasteiger partial charge is 0.224 e. The Morgan fingerprint density at radius 1 is 0.857 bits per heavy atom. The van der Waals surface area contributed by atoms with Crippen molar-refractivity contribution in [2.24, 2.45) is 0 Å². The van der Waals surface area contributed by atoms with Crippen molar-refractivity contribution < 1.29 is 18.9 Å². The number of halogens is 1. The minimum atomic E-state index is 0.123. The third-order valence-corrected chi connectivity index (χ3v) is 4.15. The summed E-state index contributed by atoms with van der Waals surface area (Å²) in [5.74, 6) is 3.02. The second-order valence-corrected chi connectivity index (χ2v) is 6.06. The fourth-order valence-corrected chi connectivity index (χ4v) is 2.96. The van der Waals surface area contributed by atoms with E-state index in [9.17, 15) is 0 Å². The van der Waals surface area contributed by atoms with Gasteiger partial charge in [-0.05, 0) is 43.6 Å². The van der Waals surface area contributed by atoms with Gasteiger partial charge in [-0.15, -0.1) is 0 Å². The largest absolute Gasteiger partial charge is 0.493 e. The topological polar surface area (TPSA) is 74.7 Å². The number of hydrogen-bond donors (Lipinski definition) is 1. The molecular formula is C20H22ClN3O4. The number of fused-ring (bicyclic) bond motifs is 1. The zero-order valence-corrected chi connectivity index (χ0v) is 17.0. The van der Waals surface area contributed by atoms with E-state index in [0.717, 1.165) is 11.1 Å². The Morgan fingerprint density at radius 3 is 2.21 bits per heavy atom. The molecule has 1 N–H and O–H groups in total. The van der Waals surface area contributed by atoms with Gasteiger partial charge in [0.15, 0.2) is 23.0 Å². The summed E-state index contributed by atoms with van der Waals surface area (Å²) < 4.78 is 22.0. The molecule has 0 radical (unpaired) electrons. The molecule has 0 aliphatic heterocycles. The Kier molecular flexibility index (Phi) is 6.26. The van der Waals surface area contributed by atoms with Gasteiger partial charge in [0.2, 0.25) is 5.28 Å². The number of benzene rings is 2. The van der Waals surface area contributed by atoms with Crippen molar-refractivity contribution >= 4 is 34.0 Å². The first-order valence-electron chi connectivity index (χ1n) is 8.85. The average Bonchev–Trinajstić information content (AvgIpc) is 2.69. The molecule has 28 heavy (non-hydrogen) atoms. The van der Waals surface area contributed by atoms with Crippen LogP contribution in [0.3, 0.4) is 0 Å². The minimum Gasteiger partial charge on any atom is -0.493 e. The minimum absolute atomic E-state index is 0.123. The summed E-state index contributed by atoms with van der Waals surface area (Å²) in [6, 6.07) is 9.17. The van der Waals surface area contributed by atoms with Gasteiger partial charge in [-0.3, -0.25) is 0 Å². The lowest BCUT2D eigenvalue weighted by molar-refractivity contribution is 0.288. The van der Waals surface area contributed by atoms with E-state index < -0.39 is 0 Å². The van der Waals surface area contributed by atoms with Crippen LogP contribution >= 0.6 is 11.6 Å². The van der Waals surface area contributed by atoms with Crippen molar-refractivity contribution in [3.8, 4) is 23.0 Å². The number of ether oxygens (including phenoxy) is 4. The van der Waals surface area contributed by atoms with Crippen LogP contribution in [0.4, 0.5) is 11.5 Å². The monoisotopic (exact) mass is 403 g/mol. The maximum atomic E-state index is 6.13. The lowest BCUT2D eigenvalue weighted by Crippen LogP contribution is -2.01.